The van der Waals surface area contributed by atoms with E-state index in [1.54, 1.807) is 42.5 Å². The highest BCUT2D eigenvalue weighted by Crippen LogP contribution is 2.36. The van der Waals surface area contributed by atoms with Crippen LogP contribution in [0, 0.1) is 5.82 Å². The lowest BCUT2D eigenvalue weighted by Gasteiger charge is -2.26. The Kier molecular flexibility index (Phi) is 7.02. The van der Waals surface area contributed by atoms with Crippen LogP contribution < -0.4 is 15.0 Å². The molecule has 172 valence electrons. The van der Waals surface area contributed by atoms with Crippen molar-refractivity contribution in [1.82, 2.24) is 5.32 Å². The first-order valence-corrected chi connectivity index (χ1v) is 11.3. The summed E-state index contributed by atoms with van der Waals surface area (Å²) in [6.07, 6.45) is 1.27. The number of hydrogen-bond donors (Lipinski definition) is 1. The topological polar surface area (TPSA) is 75.7 Å². The number of carbonyl (C=O) groups is 3. The number of carbonyl (C=O) groups excluding carboxylic acids is 3. The lowest BCUT2D eigenvalue weighted by atomic mass is 10.1. The van der Waals surface area contributed by atoms with E-state index in [1.165, 1.54) is 24.3 Å². The Morgan fingerprint density at radius 3 is 2.29 bits per heavy atom. The van der Waals surface area contributed by atoms with E-state index in [-0.39, 0.29) is 33.7 Å². The number of hydrogen-bond acceptors (Lipinski definition) is 4. The van der Waals surface area contributed by atoms with Crippen LogP contribution in [0.3, 0.4) is 0 Å². The maximum Gasteiger partial charge on any atom is 0.335 e. The van der Waals surface area contributed by atoms with Crippen molar-refractivity contribution in [2.45, 2.75) is 6.61 Å². The van der Waals surface area contributed by atoms with Gasteiger partial charge in [0.25, 0.3) is 11.8 Å². The standard InChI is InChI=1S/C24H14BrCl2FN2O4/c25-15-5-7-16(8-6-15)30-23(32)17(22(31)29-24(30)33)9-13-10-18(26)21(19(27)11-13)34-12-14-3-1-2-4-20(14)28/h1-11H,12H2,(H,29,31,33)/b17-9+. The molecule has 10 heteroatoms. The number of amides is 4. The summed E-state index contributed by atoms with van der Waals surface area (Å²) in [7, 11) is 0. The van der Waals surface area contributed by atoms with Crippen molar-refractivity contribution in [2.24, 2.45) is 0 Å². The molecule has 0 spiro atoms. The number of urea groups is 1. The van der Waals surface area contributed by atoms with Crippen LogP contribution in [0.25, 0.3) is 6.08 Å². The molecule has 1 fully saturated rings. The number of nitrogens with zero attached hydrogens (tertiary/aromatic N) is 1. The normalized spacial score (nSPS) is 15.0. The highest BCUT2D eigenvalue weighted by molar-refractivity contribution is 9.10. The summed E-state index contributed by atoms with van der Waals surface area (Å²) in [6, 6.07) is 14.6. The molecule has 1 aliphatic heterocycles. The molecule has 0 aliphatic carbocycles. The fourth-order valence-electron chi connectivity index (χ4n) is 3.21. The molecule has 1 heterocycles. The maximum absolute atomic E-state index is 13.8. The Hall–Kier alpha value is -3.20. The first-order valence-electron chi connectivity index (χ1n) is 9.77. The van der Waals surface area contributed by atoms with Crippen LogP contribution in [-0.4, -0.2) is 17.8 Å². The SMILES string of the molecule is O=C1NC(=O)N(c2ccc(Br)cc2)C(=O)/C1=C/c1cc(Cl)c(OCc2ccccc2F)c(Cl)c1. The van der Waals surface area contributed by atoms with Crippen LogP contribution in [0.1, 0.15) is 11.1 Å². The molecule has 3 aromatic rings. The number of benzene rings is 3. The number of halogens is 4. The van der Waals surface area contributed by atoms with Gasteiger partial charge in [-0.3, -0.25) is 14.9 Å². The summed E-state index contributed by atoms with van der Waals surface area (Å²) >= 11 is 15.9. The minimum Gasteiger partial charge on any atom is -0.486 e. The second kappa shape index (κ2) is 9.97. The van der Waals surface area contributed by atoms with Gasteiger partial charge in [0.05, 0.1) is 15.7 Å². The highest BCUT2D eigenvalue weighted by atomic mass is 79.9. The van der Waals surface area contributed by atoms with Gasteiger partial charge in [-0.1, -0.05) is 57.3 Å². The smallest absolute Gasteiger partial charge is 0.335 e. The van der Waals surface area contributed by atoms with Crippen molar-refractivity contribution >= 4 is 68.7 Å². The van der Waals surface area contributed by atoms with E-state index < -0.39 is 23.7 Å². The van der Waals surface area contributed by atoms with E-state index >= 15 is 0 Å². The van der Waals surface area contributed by atoms with Crippen LogP contribution in [0.2, 0.25) is 10.0 Å². The Labute approximate surface area is 212 Å². The minimum atomic E-state index is -0.859. The Bertz CT molecular complexity index is 1320. The molecule has 1 N–H and O–H groups in total. The third-order valence-corrected chi connectivity index (χ3v) is 5.94. The molecule has 4 amide bonds. The van der Waals surface area contributed by atoms with E-state index in [2.05, 4.69) is 21.2 Å². The number of anilines is 1. The third-order valence-electron chi connectivity index (χ3n) is 4.85. The molecule has 1 aliphatic rings. The number of rotatable bonds is 5. The summed E-state index contributed by atoms with van der Waals surface area (Å²) < 4.78 is 20.2. The van der Waals surface area contributed by atoms with Gasteiger partial charge in [-0.15, -0.1) is 0 Å². The first kappa shape index (κ1) is 23.9. The molecule has 0 saturated carbocycles. The predicted octanol–water partition coefficient (Wildman–Crippen LogP) is 6.14. The van der Waals surface area contributed by atoms with Gasteiger partial charge in [0.1, 0.15) is 18.0 Å². The van der Waals surface area contributed by atoms with Gasteiger partial charge in [0.2, 0.25) is 0 Å². The quantitative estimate of drug-likeness (QED) is 0.299. The van der Waals surface area contributed by atoms with Gasteiger partial charge in [0.15, 0.2) is 5.75 Å². The average Bonchev–Trinajstić information content (AvgIpc) is 2.78. The lowest BCUT2D eigenvalue weighted by Crippen LogP contribution is -2.54. The van der Waals surface area contributed by atoms with Gasteiger partial charge in [0, 0.05) is 10.0 Å². The van der Waals surface area contributed by atoms with Crippen molar-refractivity contribution in [3.05, 3.63) is 97.7 Å². The average molecular weight is 564 g/mol. The van der Waals surface area contributed by atoms with E-state index in [0.717, 1.165) is 9.37 Å². The molecule has 0 atom stereocenters. The van der Waals surface area contributed by atoms with Crippen molar-refractivity contribution < 1.29 is 23.5 Å². The zero-order valence-electron chi connectivity index (χ0n) is 17.2. The summed E-state index contributed by atoms with van der Waals surface area (Å²) in [6.45, 7) is -0.0995. The summed E-state index contributed by atoms with van der Waals surface area (Å²) in [5.74, 6) is -1.96. The van der Waals surface area contributed by atoms with Gasteiger partial charge >= 0.3 is 6.03 Å². The van der Waals surface area contributed by atoms with Gasteiger partial charge < -0.3 is 4.74 Å². The molecule has 4 rings (SSSR count). The molecule has 0 unspecified atom stereocenters. The fraction of sp³-hybridized carbons (Fsp3) is 0.0417. The number of ether oxygens (including phenoxy) is 1. The Morgan fingerprint density at radius 2 is 1.65 bits per heavy atom. The molecular formula is C24H14BrCl2FN2O4. The van der Waals surface area contributed by atoms with Crippen molar-refractivity contribution in [2.75, 3.05) is 4.90 Å². The summed E-state index contributed by atoms with van der Waals surface area (Å²) in [5.41, 5.74) is 0.659. The van der Waals surface area contributed by atoms with E-state index in [0.29, 0.717) is 11.1 Å². The molecule has 0 radical (unpaired) electrons. The maximum atomic E-state index is 13.8. The minimum absolute atomic E-state index is 0.0974. The fourth-order valence-corrected chi connectivity index (χ4v) is 4.09. The Balaban J connectivity index is 1.61. The highest BCUT2D eigenvalue weighted by Gasteiger charge is 2.36. The van der Waals surface area contributed by atoms with Gasteiger partial charge in [-0.2, -0.15) is 0 Å². The summed E-state index contributed by atoms with van der Waals surface area (Å²) in [4.78, 5) is 38.6. The van der Waals surface area contributed by atoms with Crippen LogP contribution in [0.4, 0.5) is 14.9 Å². The largest absolute Gasteiger partial charge is 0.486 e. The van der Waals surface area contributed by atoms with E-state index in [9.17, 15) is 18.8 Å². The number of nitrogens with one attached hydrogen (secondary N) is 1. The monoisotopic (exact) mass is 562 g/mol. The molecule has 34 heavy (non-hydrogen) atoms. The second-order valence-electron chi connectivity index (χ2n) is 7.13. The molecule has 0 aromatic heterocycles. The van der Waals surface area contributed by atoms with Gasteiger partial charge in [-0.25, -0.2) is 14.1 Å². The van der Waals surface area contributed by atoms with Crippen LogP contribution >= 0.6 is 39.1 Å². The lowest BCUT2D eigenvalue weighted by molar-refractivity contribution is -0.122. The van der Waals surface area contributed by atoms with Crippen molar-refractivity contribution in [1.29, 1.82) is 0 Å². The molecular weight excluding hydrogens is 550 g/mol. The molecule has 0 bridgehead atoms. The Morgan fingerprint density at radius 1 is 1.00 bits per heavy atom. The van der Waals surface area contributed by atoms with Crippen LogP contribution in [-0.2, 0) is 16.2 Å². The number of barbiturate groups is 1. The second-order valence-corrected chi connectivity index (χ2v) is 8.86. The summed E-state index contributed by atoms with van der Waals surface area (Å²) in [5, 5.41) is 2.34. The molecule has 6 nitrogen and oxygen atoms in total. The molecule has 1 saturated heterocycles. The molecule has 3 aromatic carbocycles. The van der Waals surface area contributed by atoms with Crippen molar-refractivity contribution in [3.63, 3.8) is 0 Å². The van der Waals surface area contributed by atoms with Crippen LogP contribution in [0.15, 0.2) is 70.7 Å². The van der Waals surface area contributed by atoms with E-state index in [1.807, 2.05) is 0 Å². The zero-order valence-corrected chi connectivity index (χ0v) is 20.2. The predicted molar refractivity (Wildman–Crippen MR) is 130 cm³/mol. The zero-order chi connectivity index (χ0) is 24.4. The van der Waals surface area contributed by atoms with Gasteiger partial charge in [-0.05, 0) is 54.1 Å². The first-order chi connectivity index (χ1) is 16.2. The van der Waals surface area contributed by atoms with Crippen LogP contribution in [0.5, 0.6) is 5.75 Å². The van der Waals surface area contributed by atoms with Crippen molar-refractivity contribution in [3.8, 4) is 5.75 Å². The van der Waals surface area contributed by atoms with E-state index in [4.69, 9.17) is 27.9 Å². The number of imide groups is 2. The third kappa shape index (κ3) is 4.99.